The van der Waals surface area contributed by atoms with E-state index in [1.54, 1.807) is 12.1 Å². The number of rotatable bonds is 4. The standard InChI is InChI=1S/C13H9BrClNO5S/c1-22(19,20)12-4-2-3-11(13(12)16(17)18)21-10-6-5-8(15)7-9(10)14/h2-7H,1H3. The van der Waals surface area contributed by atoms with Gasteiger partial charge in [-0.05, 0) is 46.3 Å². The summed E-state index contributed by atoms with van der Waals surface area (Å²) in [6.07, 6.45) is 0.900. The molecule has 0 N–H and O–H groups in total. The van der Waals surface area contributed by atoms with E-state index in [1.165, 1.54) is 18.2 Å². The first kappa shape index (κ1) is 16.7. The van der Waals surface area contributed by atoms with Gasteiger partial charge >= 0.3 is 5.69 Å². The van der Waals surface area contributed by atoms with Crippen molar-refractivity contribution in [2.24, 2.45) is 0 Å². The van der Waals surface area contributed by atoms with E-state index >= 15 is 0 Å². The topological polar surface area (TPSA) is 86.5 Å². The van der Waals surface area contributed by atoms with Crippen LogP contribution >= 0.6 is 27.5 Å². The predicted molar refractivity (Wildman–Crippen MR) is 85.4 cm³/mol. The second-order valence-electron chi connectivity index (χ2n) is 4.31. The van der Waals surface area contributed by atoms with Gasteiger partial charge in [0, 0.05) is 11.3 Å². The lowest BCUT2D eigenvalue weighted by Gasteiger charge is -2.10. The first-order valence-corrected chi connectivity index (χ1v) is 8.87. The number of nitro groups is 1. The van der Waals surface area contributed by atoms with Gasteiger partial charge in [-0.15, -0.1) is 0 Å². The van der Waals surface area contributed by atoms with Crippen LogP contribution in [0.4, 0.5) is 5.69 Å². The molecule has 0 amide bonds. The van der Waals surface area contributed by atoms with Crippen LogP contribution in [0.25, 0.3) is 0 Å². The van der Waals surface area contributed by atoms with Crippen molar-refractivity contribution in [3.8, 4) is 11.5 Å². The monoisotopic (exact) mass is 405 g/mol. The highest BCUT2D eigenvalue weighted by Gasteiger charge is 2.27. The van der Waals surface area contributed by atoms with E-state index in [-0.39, 0.29) is 11.5 Å². The van der Waals surface area contributed by atoms with E-state index in [1.807, 2.05) is 0 Å². The molecule has 0 bridgehead atoms. The van der Waals surface area contributed by atoms with Gasteiger partial charge in [-0.25, -0.2) is 8.42 Å². The lowest BCUT2D eigenvalue weighted by Crippen LogP contribution is -2.04. The van der Waals surface area contributed by atoms with Crippen LogP contribution in [-0.2, 0) is 9.84 Å². The van der Waals surface area contributed by atoms with E-state index in [4.69, 9.17) is 16.3 Å². The Morgan fingerprint density at radius 3 is 2.45 bits per heavy atom. The van der Waals surface area contributed by atoms with Crippen LogP contribution in [0.5, 0.6) is 11.5 Å². The maximum atomic E-state index is 11.7. The van der Waals surface area contributed by atoms with E-state index in [0.29, 0.717) is 9.50 Å². The van der Waals surface area contributed by atoms with E-state index in [0.717, 1.165) is 12.3 Å². The van der Waals surface area contributed by atoms with Crippen molar-refractivity contribution in [2.75, 3.05) is 6.26 Å². The fourth-order valence-electron chi connectivity index (χ4n) is 1.74. The van der Waals surface area contributed by atoms with Crippen molar-refractivity contribution in [1.29, 1.82) is 0 Å². The molecule has 0 aliphatic heterocycles. The number of sulfone groups is 1. The number of ether oxygens (including phenoxy) is 1. The van der Waals surface area contributed by atoms with Crippen LogP contribution in [0.1, 0.15) is 0 Å². The van der Waals surface area contributed by atoms with Crippen LogP contribution in [0, 0.1) is 10.1 Å². The minimum absolute atomic E-state index is 0.170. The Bertz CT molecular complexity index is 854. The van der Waals surface area contributed by atoms with Crippen LogP contribution in [-0.4, -0.2) is 19.6 Å². The summed E-state index contributed by atoms with van der Waals surface area (Å²) < 4.78 is 29.3. The van der Waals surface area contributed by atoms with Gasteiger partial charge in [0.2, 0.25) is 5.75 Å². The summed E-state index contributed by atoms with van der Waals surface area (Å²) in [6.45, 7) is 0. The first-order chi connectivity index (χ1) is 10.2. The molecule has 0 aliphatic carbocycles. The fourth-order valence-corrected chi connectivity index (χ4v) is 3.36. The van der Waals surface area contributed by atoms with E-state index in [9.17, 15) is 18.5 Å². The molecule has 0 fully saturated rings. The van der Waals surface area contributed by atoms with Gasteiger partial charge in [-0.3, -0.25) is 10.1 Å². The minimum Gasteiger partial charge on any atom is -0.449 e. The van der Waals surface area contributed by atoms with E-state index < -0.39 is 25.3 Å². The number of halogens is 2. The SMILES string of the molecule is CS(=O)(=O)c1cccc(Oc2ccc(Cl)cc2Br)c1[N+](=O)[O-]. The molecule has 0 unspecified atom stereocenters. The first-order valence-electron chi connectivity index (χ1n) is 5.80. The molecule has 0 aliphatic rings. The van der Waals surface area contributed by atoms with Crippen LogP contribution in [0.15, 0.2) is 45.8 Å². The van der Waals surface area contributed by atoms with Gasteiger partial charge in [0.25, 0.3) is 0 Å². The Morgan fingerprint density at radius 1 is 1.23 bits per heavy atom. The molecule has 22 heavy (non-hydrogen) atoms. The summed E-state index contributed by atoms with van der Waals surface area (Å²) in [5, 5.41) is 11.7. The highest BCUT2D eigenvalue weighted by Crippen LogP contribution is 2.39. The second-order valence-corrected chi connectivity index (χ2v) is 7.58. The average molecular weight is 407 g/mol. The van der Waals surface area contributed by atoms with Gasteiger partial charge < -0.3 is 4.74 Å². The lowest BCUT2D eigenvalue weighted by molar-refractivity contribution is -0.388. The summed E-state index contributed by atoms with van der Waals surface area (Å²) >= 11 is 9.04. The molecule has 0 heterocycles. The molecule has 9 heteroatoms. The quantitative estimate of drug-likeness (QED) is 0.561. The van der Waals surface area contributed by atoms with Crippen molar-refractivity contribution < 1.29 is 18.1 Å². The summed E-state index contributed by atoms with van der Waals surface area (Å²) in [7, 11) is -3.76. The van der Waals surface area contributed by atoms with Gasteiger partial charge in [-0.1, -0.05) is 17.7 Å². The highest BCUT2D eigenvalue weighted by atomic mass is 79.9. The molecule has 6 nitrogen and oxygen atoms in total. The van der Waals surface area contributed by atoms with Crippen LogP contribution in [0.2, 0.25) is 5.02 Å². The average Bonchev–Trinajstić information content (AvgIpc) is 2.40. The molecule has 0 aromatic heterocycles. The zero-order chi connectivity index (χ0) is 16.5. The summed E-state index contributed by atoms with van der Waals surface area (Å²) in [5.41, 5.74) is -0.605. The van der Waals surface area contributed by atoms with Crippen molar-refractivity contribution in [1.82, 2.24) is 0 Å². The third-order valence-electron chi connectivity index (χ3n) is 2.66. The minimum atomic E-state index is -3.76. The number of para-hydroxylation sites is 1. The molecule has 0 radical (unpaired) electrons. The Kier molecular flexibility index (Phi) is 4.74. The predicted octanol–water partition coefficient (Wildman–Crippen LogP) is 4.21. The number of nitro benzene ring substituents is 1. The molecular weight excluding hydrogens is 398 g/mol. The largest absolute Gasteiger partial charge is 0.449 e. The number of hydrogen-bond donors (Lipinski definition) is 0. The molecule has 116 valence electrons. The van der Waals surface area contributed by atoms with Crippen molar-refractivity contribution in [2.45, 2.75) is 4.90 Å². The van der Waals surface area contributed by atoms with Crippen LogP contribution < -0.4 is 4.74 Å². The second kappa shape index (κ2) is 6.23. The zero-order valence-corrected chi connectivity index (χ0v) is 14.3. The molecule has 0 saturated carbocycles. The smallest absolute Gasteiger partial charge is 0.330 e. The zero-order valence-electron chi connectivity index (χ0n) is 11.1. The van der Waals surface area contributed by atoms with Crippen molar-refractivity contribution >= 4 is 43.1 Å². The third kappa shape index (κ3) is 3.57. The maximum absolute atomic E-state index is 11.7. The Labute approximate surface area is 139 Å². The number of nitrogens with zero attached hydrogens (tertiary/aromatic N) is 1. The molecule has 0 atom stereocenters. The Hall–Kier alpha value is -1.64. The van der Waals surface area contributed by atoms with E-state index in [2.05, 4.69) is 15.9 Å². The molecule has 2 rings (SSSR count). The van der Waals surface area contributed by atoms with Gasteiger partial charge in [0.15, 0.2) is 9.84 Å². The van der Waals surface area contributed by atoms with Crippen LogP contribution in [0.3, 0.4) is 0 Å². The van der Waals surface area contributed by atoms with Crippen molar-refractivity contribution in [3.05, 3.63) is 56.0 Å². The highest BCUT2D eigenvalue weighted by molar-refractivity contribution is 9.10. The number of hydrogen-bond acceptors (Lipinski definition) is 5. The van der Waals surface area contributed by atoms with Gasteiger partial charge in [0.1, 0.15) is 10.6 Å². The maximum Gasteiger partial charge on any atom is 0.330 e. The third-order valence-corrected chi connectivity index (χ3v) is 4.64. The number of benzene rings is 2. The molecule has 0 saturated heterocycles. The molecule has 2 aromatic carbocycles. The molecule has 0 spiro atoms. The van der Waals surface area contributed by atoms with Crippen molar-refractivity contribution in [3.63, 3.8) is 0 Å². The van der Waals surface area contributed by atoms with Gasteiger partial charge in [0.05, 0.1) is 9.40 Å². The lowest BCUT2D eigenvalue weighted by atomic mass is 10.3. The summed E-state index contributed by atoms with van der Waals surface area (Å²) in [6, 6.07) is 8.49. The molecule has 2 aromatic rings. The Balaban J connectivity index is 2.59. The Morgan fingerprint density at radius 2 is 1.91 bits per heavy atom. The summed E-state index contributed by atoms with van der Waals surface area (Å²) in [4.78, 5) is 10.1. The normalized spacial score (nSPS) is 11.2. The molecular formula is C13H9BrClNO5S. The van der Waals surface area contributed by atoms with Gasteiger partial charge in [-0.2, -0.15) is 0 Å². The fraction of sp³-hybridized carbons (Fsp3) is 0.0769. The summed E-state index contributed by atoms with van der Waals surface area (Å²) in [5.74, 6) is 0.106.